The molecule has 82 valence electrons. The van der Waals surface area contributed by atoms with Gasteiger partial charge in [-0.15, -0.1) is 5.69 Å². The topological polar surface area (TPSA) is 23.8 Å². The smallest absolute Gasteiger partial charge is 1.00 e. The van der Waals surface area contributed by atoms with E-state index in [9.17, 15) is 0 Å². The Morgan fingerprint density at radius 3 is 1.53 bits per heavy atom. The first kappa shape index (κ1) is 24.1. The van der Waals surface area contributed by atoms with Crippen LogP contribution in [-0.2, 0) is 0 Å². The summed E-state index contributed by atoms with van der Waals surface area (Å²) in [7, 11) is 0. The molecule has 0 aromatic heterocycles. The molecular formula is C15H15K3N+. The molecule has 0 spiro atoms. The van der Waals surface area contributed by atoms with Gasteiger partial charge in [0.15, 0.2) is 0 Å². The number of hydrogen-bond donors (Lipinski definition) is 0. The summed E-state index contributed by atoms with van der Waals surface area (Å²) in [5.41, 5.74) is 11.5. The van der Waals surface area contributed by atoms with Gasteiger partial charge in [-0.05, 0) is 18.1 Å². The Labute approximate surface area is 244 Å². The Kier molecular flexibility index (Phi) is 17.0. The van der Waals surface area contributed by atoms with Crippen LogP contribution >= 0.6 is 0 Å². The maximum Gasteiger partial charge on any atom is 1.00 e. The molecule has 2 aromatic carbocycles. The van der Waals surface area contributed by atoms with E-state index < -0.39 is 0 Å². The number of benzene rings is 2. The quantitative estimate of drug-likeness (QED) is 0.397. The van der Waals surface area contributed by atoms with Crippen LogP contribution in [0.3, 0.4) is 0 Å². The fourth-order valence-electron chi connectivity index (χ4n) is 1.46. The summed E-state index contributed by atoms with van der Waals surface area (Å²) in [6, 6.07) is 15.9. The van der Waals surface area contributed by atoms with Gasteiger partial charge >= 0.3 is 154 Å². The molecule has 0 atom stereocenters. The van der Waals surface area contributed by atoms with E-state index in [2.05, 4.69) is 43.3 Å². The van der Waals surface area contributed by atoms with Crippen LogP contribution in [0.2, 0.25) is 0 Å². The van der Waals surface area contributed by atoms with Gasteiger partial charge in [-0.2, -0.15) is 0 Å². The van der Waals surface area contributed by atoms with Crippen LogP contribution in [0.1, 0.15) is 18.1 Å². The first-order valence-electron chi connectivity index (χ1n) is 5.30. The predicted octanol–water partition coefficient (Wildman–Crippen LogP) is -4.03. The molecule has 0 radical (unpaired) electrons. The Bertz CT molecular complexity index is 448. The van der Waals surface area contributed by atoms with Crippen molar-refractivity contribution >= 4 is 17.8 Å². The summed E-state index contributed by atoms with van der Waals surface area (Å²) >= 11 is 0. The first-order valence-corrected chi connectivity index (χ1v) is 5.30. The molecule has 1 N–H and O–H groups in total. The third kappa shape index (κ3) is 9.58. The van der Waals surface area contributed by atoms with E-state index in [0.29, 0.717) is 5.69 Å². The van der Waals surface area contributed by atoms with Gasteiger partial charge in [-0.1, -0.05) is 66.2 Å². The zero-order chi connectivity index (χ0) is 11.4. The number of hydrogen-bond acceptors (Lipinski definition) is 0. The molecule has 4 heteroatoms. The maximum atomic E-state index is 7.39. The fourth-order valence-corrected chi connectivity index (χ4v) is 1.46. The fraction of sp³-hybridized carbons (Fsp3) is 0.0667. The van der Waals surface area contributed by atoms with Crippen molar-refractivity contribution < 1.29 is 156 Å². The van der Waals surface area contributed by atoms with Gasteiger partial charge in [-0.25, -0.2) is 0 Å². The van der Waals surface area contributed by atoms with Gasteiger partial charge in [0.1, 0.15) is 0 Å². The summed E-state index contributed by atoms with van der Waals surface area (Å²) in [6.45, 7) is 2.08. The van der Waals surface area contributed by atoms with Crippen LogP contribution in [0.4, 0.5) is 5.69 Å². The molecule has 0 bridgehead atoms. The van der Waals surface area contributed by atoms with Crippen LogP contribution in [0.15, 0.2) is 48.5 Å². The summed E-state index contributed by atoms with van der Waals surface area (Å²) in [4.78, 5) is 0. The molecule has 0 saturated heterocycles. The van der Waals surface area contributed by atoms with E-state index in [1.807, 2.05) is 12.1 Å². The van der Waals surface area contributed by atoms with Gasteiger partial charge in [0.05, 0.1) is 0 Å². The summed E-state index contributed by atoms with van der Waals surface area (Å²) in [5.74, 6) is 0. The Morgan fingerprint density at radius 2 is 1.11 bits per heavy atom. The number of aryl methyl sites for hydroxylation is 1. The summed E-state index contributed by atoms with van der Waals surface area (Å²) < 4.78 is 0. The van der Waals surface area contributed by atoms with Crippen molar-refractivity contribution in [3.05, 3.63) is 71.0 Å². The maximum absolute atomic E-state index is 7.39. The third-order valence-electron chi connectivity index (χ3n) is 2.46. The third-order valence-corrected chi connectivity index (χ3v) is 2.46. The second-order valence-corrected chi connectivity index (χ2v) is 3.87. The van der Waals surface area contributed by atoms with E-state index in [1.165, 1.54) is 11.1 Å². The summed E-state index contributed by atoms with van der Waals surface area (Å²) in [6.07, 6.45) is 4.14. The van der Waals surface area contributed by atoms with E-state index >= 15 is 0 Å². The molecule has 0 heterocycles. The monoisotopic (exact) mass is 326 g/mol. The van der Waals surface area contributed by atoms with Crippen molar-refractivity contribution in [1.29, 1.82) is 0 Å². The molecule has 0 saturated carbocycles. The standard InChI is InChI=1S/C15H14N.3K.H/c1-12-2-4-13(5-3-12)6-7-14-8-10-15(16)11-9-14;;;;/h2-11,16H,1H3;;;;/q-1;3*+1;-1/b7-6+;;;;. The largest absolute Gasteiger partial charge is 1.00 e. The second kappa shape index (κ2) is 13.3. The van der Waals surface area contributed by atoms with Crippen molar-refractivity contribution in [3.8, 4) is 0 Å². The Morgan fingerprint density at radius 1 is 0.737 bits per heavy atom. The molecule has 19 heavy (non-hydrogen) atoms. The molecular weight excluding hydrogens is 311 g/mol. The van der Waals surface area contributed by atoms with Gasteiger partial charge in [0, 0.05) is 0 Å². The van der Waals surface area contributed by atoms with Crippen molar-refractivity contribution in [1.82, 2.24) is 0 Å². The average molecular weight is 327 g/mol. The van der Waals surface area contributed by atoms with E-state index in [-0.39, 0.29) is 156 Å². The molecule has 0 amide bonds. The molecule has 2 rings (SSSR count). The van der Waals surface area contributed by atoms with Gasteiger partial charge in [0.2, 0.25) is 0 Å². The predicted molar refractivity (Wildman–Crippen MR) is 71.6 cm³/mol. The van der Waals surface area contributed by atoms with Crippen molar-refractivity contribution in [2.24, 2.45) is 0 Å². The van der Waals surface area contributed by atoms with E-state index in [1.54, 1.807) is 12.1 Å². The SMILES string of the molecule is Cc1ccc(/C=C/c2ccc([NH-])cc2)cc1.[H-].[K+].[K+].[K+]. The number of rotatable bonds is 2. The van der Waals surface area contributed by atoms with Crippen LogP contribution in [0, 0.1) is 6.92 Å². The second-order valence-electron chi connectivity index (χ2n) is 3.87. The van der Waals surface area contributed by atoms with Crippen molar-refractivity contribution in [3.63, 3.8) is 0 Å². The zero-order valence-corrected chi connectivity index (χ0v) is 21.6. The Hall–Kier alpha value is 2.89. The minimum absolute atomic E-state index is 0. The molecule has 2 aromatic rings. The van der Waals surface area contributed by atoms with E-state index in [4.69, 9.17) is 5.73 Å². The number of nitrogens with one attached hydrogen (secondary N) is 1. The molecule has 0 fully saturated rings. The zero-order valence-electron chi connectivity index (χ0n) is 13.3. The first-order chi connectivity index (χ1) is 7.74. The van der Waals surface area contributed by atoms with Crippen LogP contribution < -0.4 is 154 Å². The van der Waals surface area contributed by atoms with Crippen LogP contribution in [0.5, 0.6) is 0 Å². The van der Waals surface area contributed by atoms with Crippen molar-refractivity contribution in [2.45, 2.75) is 6.92 Å². The van der Waals surface area contributed by atoms with Gasteiger partial charge < -0.3 is 7.16 Å². The minimum atomic E-state index is 0. The molecule has 0 unspecified atom stereocenters. The Balaban J connectivity index is -0.000000722. The molecule has 0 aliphatic heterocycles. The van der Waals surface area contributed by atoms with E-state index in [0.717, 1.165) is 5.56 Å². The average Bonchev–Trinajstić information content (AvgIpc) is 2.30. The molecule has 1 nitrogen and oxygen atoms in total. The molecule has 0 aliphatic carbocycles. The van der Waals surface area contributed by atoms with Crippen LogP contribution in [0.25, 0.3) is 17.9 Å². The normalized spacial score (nSPS) is 9.11. The van der Waals surface area contributed by atoms with Crippen molar-refractivity contribution in [2.75, 3.05) is 0 Å². The summed E-state index contributed by atoms with van der Waals surface area (Å²) in [5, 5.41) is 0. The minimum Gasteiger partial charge on any atom is -1.00 e. The van der Waals surface area contributed by atoms with Gasteiger partial charge in [-0.3, -0.25) is 0 Å². The van der Waals surface area contributed by atoms with Gasteiger partial charge in [0.25, 0.3) is 0 Å². The molecule has 0 aliphatic rings. The van der Waals surface area contributed by atoms with Crippen LogP contribution in [-0.4, -0.2) is 0 Å².